The van der Waals surface area contributed by atoms with Gasteiger partial charge >= 0.3 is 12.1 Å². The molecule has 1 aromatic heterocycles. The topological polar surface area (TPSA) is 76.7 Å². The number of benzene rings is 1. The van der Waals surface area contributed by atoms with Crippen LogP contribution in [0.5, 0.6) is 0 Å². The van der Waals surface area contributed by atoms with E-state index in [4.69, 9.17) is 9.47 Å². The van der Waals surface area contributed by atoms with Crippen molar-refractivity contribution >= 4 is 28.4 Å². The Morgan fingerprint density at radius 3 is 2.61 bits per heavy atom. The average Bonchev–Trinajstić information content (AvgIpc) is 3.45. The van der Waals surface area contributed by atoms with Crippen molar-refractivity contribution in [3.63, 3.8) is 0 Å². The SMILES string of the molecule is CCOC(=O)c1cc2c(s1)NC(C1CCCC1)C(C)C2NC(=O)OCc1ccccc1. The van der Waals surface area contributed by atoms with Gasteiger partial charge in [-0.2, -0.15) is 0 Å². The summed E-state index contributed by atoms with van der Waals surface area (Å²) >= 11 is 1.41. The van der Waals surface area contributed by atoms with Crippen molar-refractivity contribution in [3.05, 3.63) is 52.4 Å². The van der Waals surface area contributed by atoms with Gasteiger partial charge in [-0.15, -0.1) is 11.3 Å². The number of anilines is 1. The zero-order valence-corrected chi connectivity index (χ0v) is 18.9. The molecular formula is C24H30N2O4S. The van der Waals surface area contributed by atoms with Crippen LogP contribution in [0.3, 0.4) is 0 Å². The lowest BCUT2D eigenvalue weighted by Gasteiger charge is -2.40. The van der Waals surface area contributed by atoms with Gasteiger partial charge in [0.2, 0.25) is 0 Å². The van der Waals surface area contributed by atoms with Crippen molar-refractivity contribution < 1.29 is 19.1 Å². The number of carbonyl (C=O) groups is 2. The number of nitrogens with one attached hydrogen (secondary N) is 2. The molecule has 0 bridgehead atoms. The van der Waals surface area contributed by atoms with Crippen LogP contribution in [-0.4, -0.2) is 24.7 Å². The largest absolute Gasteiger partial charge is 0.462 e. The Morgan fingerprint density at radius 2 is 1.90 bits per heavy atom. The Morgan fingerprint density at radius 1 is 1.16 bits per heavy atom. The summed E-state index contributed by atoms with van der Waals surface area (Å²) in [6.45, 7) is 4.53. The molecule has 1 saturated carbocycles. The molecule has 0 radical (unpaired) electrons. The van der Waals surface area contributed by atoms with Crippen molar-refractivity contribution in [2.24, 2.45) is 11.8 Å². The van der Waals surface area contributed by atoms with Crippen LogP contribution in [0, 0.1) is 11.8 Å². The molecule has 2 heterocycles. The zero-order chi connectivity index (χ0) is 21.8. The number of hydrogen-bond acceptors (Lipinski definition) is 6. The van der Waals surface area contributed by atoms with Crippen molar-refractivity contribution in [3.8, 4) is 0 Å². The second-order valence-corrected chi connectivity index (χ2v) is 9.43. The van der Waals surface area contributed by atoms with Crippen molar-refractivity contribution in [1.82, 2.24) is 5.32 Å². The number of fused-ring (bicyclic) bond motifs is 1. The number of esters is 1. The average molecular weight is 443 g/mol. The van der Waals surface area contributed by atoms with Crippen molar-refractivity contribution in [2.75, 3.05) is 11.9 Å². The van der Waals surface area contributed by atoms with E-state index in [2.05, 4.69) is 17.6 Å². The van der Waals surface area contributed by atoms with Crippen LogP contribution in [0.15, 0.2) is 36.4 Å². The van der Waals surface area contributed by atoms with Gasteiger partial charge in [-0.3, -0.25) is 0 Å². The first-order valence-electron chi connectivity index (χ1n) is 11.1. The molecule has 1 amide bonds. The molecule has 2 aliphatic rings. The Kier molecular flexibility index (Phi) is 6.80. The van der Waals surface area contributed by atoms with E-state index >= 15 is 0 Å². The fraction of sp³-hybridized carbons (Fsp3) is 0.500. The van der Waals surface area contributed by atoms with Crippen LogP contribution >= 0.6 is 11.3 Å². The molecule has 6 nitrogen and oxygen atoms in total. The van der Waals surface area contributed by atoms with Crippen LogP contribution in [0.4, 0.5) is 9.80 Å². The molecule has 2 aromatic rings. The van der Waals surface area contributed by atoms with E-state index in [1.165, 1.54) is 37.0 Å². The normalized spacial score (nSPS) is 23.0. The van der Waals surface area contributed by atoms with Crippen LogP contribution in [0.1, 0.15) is 66.4 Å². The van der Waals surface area contributed by atoms with E-state index in [1.54, 1.807) is 6.92 Å². The van der Waals surface area contributed by atoms with Crippen LogP contribution in [0.25, 0.3) is 0 Å². The molecule has 31 heavy (non-hydrogen) atoms. The highest BCUT2D eigenvalue weighted by molar-refractivity contribution is 7.18. The summed E-state index contributed by atoms with van der Waals surface area (Å²) in [5.41, 5.74) is 1.88. The van der Waals surface area contributed by atoms with Gasteiger partial charge in [0.1, 0.15) is 11.5 Å². The van der Waals surface area contributed by atoms with E-state index in [9.17, 15) is 9.59 Å². The number of rotatable bonds is 6. The standard InChI is InChI=1S/C24H30N2O4S/c1-3-29-23(27)19-13-18-21(26-24(28)30-14-16-9-5-4-6-10-16)15(2)20(25-22(18)31-19)17-11-7-8-12-17/h4-6,9-10,13,15,17,20-21,25H,3,7-8,11-12,14H2,1-2H3,(H,26,28). The van der Waals surface area contributed by atoms with Gasteiger partial charge in [0.05, 0.1) is 17.6 Å². The first-order valence-corrected chi connectivity index (χ1v) is 11.9. The third-order valence-electron chi connectivity index (χ3n) is 6.36. The van der Waals surface area contributed by atoms with Gasteiger partial charge in [0, 0.05) is 17.5 Å². The number of thiophene rings is 1. The minimum absolute atomic E-state index is 0.171. The van der Waals surface area contributed by atoms with Crippen molar-refractivity contribution in [2.45, 2.75) is 58.2 Å². The second-order valence-electron chi connectivity index (χ2n) is 8.37. The molecule has 1 aliphatic heterocycles. The van der Waals surface area contributed by atoms with Gasteiger partial charge in [-0.05, 0) is 37.3 Å². The third-order valence-corrected chi connectivity index (χ3v) is 7.42. The summed E-state index contributed by atoms with van der Waals surface area (Å²) in [6.07, 6.45) is 4.44. The van der Waals surface area contributed by atoms with Crippen LogP contribution in [-0.2, 0) is 16.1 Å². The Labute approximate surface area is 187 Å². The minimum Gasteiger partial charge on any atom is -0.462 e. The van der Waals surface area contributed by atoms with E-state index in [0.29, 0.717) is 17.4 Å². The Balaban J connectivity index is 1.53. The number of ether oxygens (including phenoxy) is 2. The fourth-order valence-electron chi connectivity index (χ4n) is 4.79. The van der Waals surface area contributed by atoms with Gasteiger partial charge in [-0.25, -0.2) is 9.59 Å². The maximum absolute atomic E-state index is 12.7. The van der Waals surface area contributed by atoms with Gasteiger partial charge in [-0.1, -0.05) is 50.1 Å². The first kappa shape index (κ1) is 21.7. The molecular weight excluding hydrogens is 412 g/mol. The van der Waals surface area contributed by atoms with Gasteiger partial charge < -0.3 is 20.1 Å². The number of carbonyl (C=O) groups excluding carboxylic acids is 2. The molecule has 2 N–H and O–H groups in total. The smallest absolute Gasteiger partial charge is 0.407 e. The zero-order valence-electron chi connectivity index (χ0n) is 18.1. The second kappa shape index (κ2) is 9.73. The van der Waals surface area contributed by atoms with E-state index < -0.39 is 6.09 Å². The summed E-state index contributed by atoms with van der Waals surface area (Å²) < 4.78 is 10.7. The summed E-state index contributed by atoms with van der Waals surface area (Å²) in [5.74, 6) is 0.421. The number of amides is 1. The monoisotopic (exact) mass is 442 g/mol. The molecule has 1 aliphatic carbocycles. The predicted octanol–water partition coefficient (Wildman–Crippen LogP) is 5.51. The highest BCUT2D eigenvalue weighted by atomic mass is 32.1. The maximum Gasteiger partial charge on any atom is 0.407 e. The van der Waals surface area contributed by atoms with E-state index in [0.717, 1.165) is 16.1 Å². The fourth-order valence-corrected chi connectivity index (χ4v) is 5.84. The maximum atomic E-state index is 12.7. The molecule has 166 valence electrons. The van der Waals surface area contributed by atoms with E-state index in [-0.39, 0.29) is 30.6 Å². The predicted molar refractivity (Wildman–Crippen MR) is 121 cm³/mol. The minimum atomic E-state index is -0.442. The van der Waals surface area contributed by atoms with Crippen LogP contribution < -0.4 is 10.6 Å². The summed E-state index contributed by atoms with van der Waals surface area (Å²) in [4.78, 5) is 25.5. The number of hydrogen-bond donors (Lipinski definition) is 2. The lowest BCUT2D eigenvalue weighted by atomic mass is 9.79. The van der Waals surface area contributed by atoms with Crippen molar-refractivity contribution in [1.29, 1.82) is 0 Å². The molecule has 7 heteroatoms. The van der Waals surface area contributed by atoms with Crippen LogP contribution in [0.2, 0.25) is 0 Å². The molecule has 4 rings (SSSR count). The lowest BCUT2D eigenvalue weighted by Crippen LogP contribution is -2.46. The molecule has 1 fully saturated rings. The molecule has 0 saturated heterocycles. The molecule has 0 spiro atoms. The summed E-state index contributed by atoms with van der Waals surface area (Å²) in [5, 5.41) is 7.72. The Hall–Kier alpha value is -2.54. The third kappa shape index (κ3) is 4.87. The first-order chi connectivity index (χ1) is 15.1. The van der Waals surface area contributed by atoms with Gasteiger partial charge in [0.15, 0.2) is 0 Å². The number of alkyl carbamates (subject to hydrolysis) is 1. The summed E-state index contributed by atoms with van der Waals surface area (Å²) in [7, 11) is 0. The highest BCUT2D eigenvalue weighted by Crippen LogP contribution is 2.46. The quantitative estimate of drug-likeness (QED) is 0.577. The lowest BCUT2D eigenvalue weighted by molar-refractivity contribution is 0.0532. The molecule has 3 unspecified atom stereocenters. The highest BCUT2D eigenvalue weighted by Gasteiger charge is 2.41. The van der Waals surface area contributed by atoms with E-state index in [1.807, 2.05) is 36.4 Å². The van der Waals surface area contributed by atoms with Gasteiger partial charge in [0.25, 0.3) is 0 Å². The molecule has 1 aromatic carbocycles. The Bertz CT molecular complexity index is 908. The molecule has 3 atom stereocenters. The summed E-state index contributed by atoms with van der Waals surface area (Å²) in [6, 6.07) is 11.5.